The Morgan fingerprint density at radius 2 is 2.05 bits per heavy atom. The summed E-state index contributed by atoms with van der Waals surface area (Å²) in [7, 11) is 0. The highest BCUT2D eigenvalue weighted by Crippen LogP contribution is 2.33. The summed E-state index contributed by atoms with van der Waals surface area (Å²) in [5.41, 5.74) is 1.40. The van der Waals surface area contributed by atoms with Crippen LogP contribution in [-0.4, -0.2) is 18.1 Å². The third kappa shape index (κ3) is 2.77. The molecule has 1 fully saturated rings. The molecule has 0 aliphatic carbocycles. The lowest BCUT2D eigenvalue weighted by Gasteiger charge is -2.19. The van der Waals surface area contributed by atoms with E-state index < -0.39 is 0 Å². The zero-order valence-corrected chi connectivity index (χ0v) is 12.7. The van der Waals surface area contributed by atoms with Gasteiger partial charge in [-0.15, -0.1) is 0 Å². The highest BCUT2D eigenvalue weighted by molar-refractivity contribution is 9.10. The minimum Gasteiger partial charge on any atom is -0.355 e. The van der Waals surface area contributed by atoms with Crippen LogP contribution in [0.3, 0.4) is 0 Å². The van der Waals surface area contributed by atoms with Crippen molar-refractivity contribution in [2.75, 3.05) is 18.0 Å². The van der Waals surface area contributed by atoms with E-state index in [2.05, 4.69) is 56.1 Å². The maximum Gasteiger partial charge on any atom is 0.147 e. The highest BCUT2D eigenvalue weighted by Gasteiger charge is 2.25. The first kappa shape index (κ1) is 12.9. The van der Waals surface area contributed by atoms with Crippen LogP contribution in [-0.2, 0) is 0 Å². The molecule has 1 atom stereocenters. The van der Waals surface area contributed by atoms with Crippen molar-refractivity contribution in [2.45, 2.75) is 12.3 Å². The number of rotatable bonds is 2. The zero-order chi connectivity index (χ0) is 13.2. The second kappa shape index (κ2) is 5.51. The van der Waals surface area contributed by atoms with Gasteiger partial charge in [0.05, 0.1) is 5.02 Å². The number of halogens is 2. The number of aromatic nitrogens is 1. The summed E-state index contributed by atoms with van der Waals surface area (Å²) in [5.74, 6) is 1.46. The molecule has 2 heterocycles. The van der Waals surface area contributed by atoms with Crippen molar-refractivity contribution in [2.24, 2.45) is 0 Å². The van der Waals surface area contributed by atoms with Crippen LogP contribution in [0.5, 0.6) is 0 Å². The topological polar surface area (TPSA) is 16.1 Å². The van der Waals surface area contributed by atoms with Crippen LogP contribution in [0.2, 0.25) is 5.02 Å². The van der Waals surface area contributed by atoms with Gasteiger partial charge in [0.15, 0.2) is 0 Å². The molecule has 0 bridgehead atoms. The average Bonchev–Trinajstić information content (AvgIpc) is 2.89. The van der Waals surface area contributed by atoms with Gasteiger partial charge in [0, 0.05) is 29.7 Å². The van der Waals surface area contributed by atoms with Crippen LogP contribution < -0.4 is 4.90 Å². The van der Waals surface area contributed by atoms with Gasteiger partial charge in [-0.25, -0.2) is 4.98 Å². The molecule has 2 aromatic rings. The number of hydrogen-bond acceptors (Lipinski definition) is 2. The van der Waals surface area contributed by atoms with E-state index in [-0.39, 0.29) is 0 Å². The van der Waals surface area contributed by atoms with Crippen molar-refractivity contribution in [3.05, 3.63) is 57.7 Å². The average molecular weight is 338 g/mol. The molecule has 0 N–H and O–H groups in total. The number of benzene rings is 1. The molecule has 0 spiro atoms. The molecule has 0 saturated carbocycles. The third-order valence-electron chi connectivity index (χ3n) is 3.55. The fourth-order valence-corrected chi connectivity index (χ4v) is 3.34. The monoisotopic (exact) mass is 336 g/mol. The summed E-state index contributed by atoms with van der Waals surface area (Å²) in [6.45, 7) is 1.99. The van der Waals surface area contributed by atoms with E-state index >= 15 is 0 Å². The van der Waals surface area contributed by atoms with Crippen molar-refractivity contribution in [1.82, 2.24) is 4.98 Å². The number of pyridine rings is 1. The van der Waals surface area contributed by atoms with Gasteiger partial charge in [-0.1, -0.05) is 41.9 Å². The largest absolute Gasteiger partial charge is 0.355 e. The number of hydrogen-bond donors (Lipinski definition) is 0. The molecule has 4 heteroatoms. The maximum absolute atomic E-state index is 6.27. The highest BCUT2D eigenvalue weighted by atomic mass is 79.9. The molecule has 1 unspecified atom stereocenters. The molecule has 1 aromatic heterocycles. The van der Waals surface area contributed by atoms with Crippen molar-refractivity contribution in [3.63, 3.8) is 0 Å². The van der Waals surface area contributed by atoms with E-state index in [1.807, 2.05) is 6.07 Å². The van der Waals surface area contributed by atoms with Crippen LogP contribution in [0.15, 0.2) is 47.1 Å². The molecule has 3 rings (SSSR count). The molecule has 0 radical (unpaired) electrons. The first-order valence-corrected chi connectivity index (χ1v) is 7.52. The predicted octanol–water partition coefficient (Wildman–Crippen LogP) is 4.49. The van der Waals surface area contributed by atoms with Crippen LogP contribution in [0.1, 0.15) is 17.9 Å². The van der Waals surface area contributed by atoms with Gasteiger partial charge in [0.2, 0.25) is 0 Å². The van der Waals surface area contributed by atoms with Crippen LogP contribution in [0.25, 0.3) is 0 Å². The fourth-order valence-electron chi connectivity index (χ4n) is 2.59. The zero-order valence-electron chi connectivity index (χ0n) is 10.4. The number of nitrogens with zero attached hydrogens (tertiary/aromatic N) is 2. The van der Waals surface area contributed by atoms with Gasteiger partial charge in [0.25, 0.3) is 0 Å². The van der Waals surface area contributed by atoms with Gasteiger partial charge in [-0.2, -0.15) is 0 Å². The standard InChI is InChI=1S/C15H14BrClN2/c16-13-8-14(17)15(18-9-13)19-7-6-12(10-19)11-4-2-1-3-5-11/h1-5,8-9,12H,6-7,10H2. The van der Waals surface area contributed by atoms with Crippen LogP contribution >= 0.6 is 27.5 Å². The Kier molecular flexibility index (Phi) is 3.76. The van der Waals surface area contributed by atoms with Gasteiger partial charge in [0.1, 0.15) is 5.82 Å². The molecule has 98 valence electrons. The van der Waals surface area contributed by atoms with Gasteiger partial charge in [-0.05, 0) is 34.0 Å². The molecule has 2 nitrogen and oxygen atoms in total. The Balaban J connectivity index is 1.79. The van der Waals surface area contributed by atoms with E-state index in [0.29, 0.717) is 10.9 Å². The van der Waals surface area contributed by atoms with E-state index in [0.717, 1.165) is 29.8 Å². The maximum atomic E-state index is 6.27. The Morgan fingerprint density at radius 1 is 1.26 bits per heavy atom. The van der Waals surface area contributed by atoms with E-state index in [1.54, 1.807) is 6.20 Å². The lowest BCUT2D eigenvalue weighted by molar-refractivity contribution is 0.774. The van der Waals surface area contributed by atoms with Crippen molar-refractivity contribution in [3.8, 4) is 0 Å². The summed E-state index contributed by atoms with van der Waals surface area (Å²) in [4.78, 5) is 6.71. The smallest absolute Gasteiger partial charge is 0.147 e. The molecule has 1 aliphatic rings. The normalized spacial score (nSPS) is 18.8. The molecule has 1 saturated heterocycles. The SMILES string of the molecule is Clc1cc(Br)cnc1N1CCC(c2ccccc2)C1. The minimum absolute atomic E-state index is 0.572. The van der Waals surface area contributed by atoms with Gasteiger partial charge >= 0.3 is 0 Å². The number of anilines is 1. The summed E-state index contributed by atoms with van der Waals surface area (Å²) in [6.07, 6.45) is 2.95. The predicted molar refractivity (Wildman–Crippen MR) is 83.0 cm³/mol. The van der Waals surface area contributed by atoms with Crippen molar-refractivity contribution >= 4 is 33.3 Å². The molecule has 1 aliphatic heterocycles. The minimum atomic E-state index is 0.572. The van der Waals surface area contributed by atoms with Crippen LogP contribution in [0, 0.1) is 0 Å². The lowest BCUT2D eigenvalue weighted by Crippen LogP contribution is -2.20. The Labute approximate surface area is 126 Å². The fraction of sp³-hybridized carbons (Fsp3) is 0.267. The second-order valence-electron chi connectivity index (χ2n) is 4.80. The molecule has 19 heavy (non-hydrogen) atoms. The summed E-state index contributed by atoms with van der Waals surface area (Å²) in [6, 6.07) is 12.6. The summed E-state index contributed by atoms with van der Waals surface area (Å²) < 4.78 is 0.917. The van der Waals surface area contributed by atoms with Gasteiger partial charge < -0.3 is 4.90 Å². The Hall–Kier alpha value is -1.06. The molecule has 1 aromatic carbocycles. The molecule has 0 amide bonds. The Bertz CT molecular complexity index is 574. The molecular weight excluding hydrogens is 324 g/mol. The van der Waals surface area contributed by atoms with Crippen molar-refractivity contribution in [1.29, 1.82) is 0 Å². The van der Waals surface area contributed by atoms with Gasteiger partial charge in [-0.3, -0.25) is 0 Å². The summed E-state index contributed by atoms with van der Waals surface area (Å²) in [5, 5.41) is 0.711. The Morgan fingerprint density at radius 3 is 2.79 bits per heavy atom. The van der Waals surface area contributed by atoms with E-state index in [9.17, 15) is 0 Å². The second-order valence-corrected chi connectivity index (χ2v) is 6.12. The first-order chi connectivity index (χ1) is 9.24. The van der Waals surface area contributed by atoms with E-state index in [1.165, 1.54) is 5.56 Å². The van der Waals surface area contributed by atoms with Crippen LogP contribution in [0.4, 0.5) is 5.82 Å². The molecular formula is C15H14BrClN2. The lowest BCUT2D eigenvalue weighted by atomic mass is 9.99. The van der Waals surface area contributed by atoms with Crippen molar-refractivity contribution < 1.29 is 0 Å². The third-order valence-corrected chi connectivity index (χ3v) is 4.26. The quantitative estimate of drug-likeness (QED) is 0.802. The first-order valence-electron chi connectivity index (χ1n) is 6.35. The van der Waals surface area contributed by atoms with E-state index in [4.69, 9.17) is 11.6 Å². The summed E-state index contributed by atoms with van der Waals surface area (Å²) >= 11 is 9.66.